The number of halogens is 2. The summed E-state index contributed by atoms with van der Waals surface area (Å²) >= 11 is 0. The molecule has 1 aliphatic heterocycles. The first-order valence-electron chi connectivity index (χ1n) is 8.66. The maximum Gasteiger partial charge on any atom is 0.277 e. The summed E-state index contributed by atoms with van der Waals surface area (Å²) in [4.78, 5) is 19.0. The number of amides is 1. The Morgan fingerprint density at radius 2 is 1.93 bits per heavy atom. The highest BCUT2D eigenvalue weighted by molar-refractivity contribution is 6.09. The van der Waals surface area contributed by atoms with E-state index in [1.165, 1.54) is 12.1 Å². The first-order chi connectivity index (χ1) is 13.0. The van der Waals surface area contributed by atoms with E-state index in [-0.39, 0.29) is 17.5 Å². The number of nitrogens with zero attached hydrogens (tertiary/aromatic N) is 4. The number of anilines is 1. The van der Waals surface area contributed by atoms with E-state index in [1.54, 1.807) is 34.1 Å². The summed E-state index contributed by atoms with van der Waals surface area (Å²) in [5.74, 6) is -0.195. The molecule has 7 heteroatoms. The van der Waals surface area contributed by atoms with Gasteiger partial charge in [-0.05, 0) is 43.7 Å². The van der Waals surface area contributed by atoms with Crippen molar-refractivity contribution in [2.24, 2.45) is 0 Å². The average molecular weight is 368 g/mol. The Labute approximate surface area is 155 Å². The van der Waals surface area contributed by atoms with E-state index in [2.05, 4.69) is 10.1 Å². The van der Waals surface area contributed by atoms with E-state index >= 15 is 0 Å². The third kappa shape index (κ3) is 2.99. The predicted octanol–water partition coefficient (Wildman–Crippen LogP) is 4.41. The van der Waals surface area contributed by atoms with Crippen LogP contribution in [0.5, 0.6) is 0 Å². The van der Waals surface area contributed by atoms with Gasteiger partial charge in [0.15, 0.2) is 0 Å². The molecular weight excluding hydrogens is 350 g/mol. The highest BCUT2D eigenvalue weighted by Gasteiger charge is 2.33. The average Bonchev–Trinajstić information content (AvgIpc) is 3.11. The zero-order valence-electron chi connectivity index (χ0n) is 14.9. The molecule has 1 amide bonds. The third-order valence-corrected chi connectivity index (χ3v) is 4.77. The highest BCUT2D eigenvalue weighted by atomic mass is 19.3. The Balaban J connectivity index is 1.76. The molecule has 0 aliphatic carbocycles. The zero-order valence-corrected chi connectivity index (χ0v) is 14.9. The molecule has 0 saturated carbocycles. The van der Waals surface area contributed by atoms with E-state index in [9.17, 15) is 13.6 Å². The van der Waals surface area contributed by atoms with Crippen molar-refractivity contribution in [3.63, 3.8) is 0 Å². The van der Waals surface area contributed by atoms with E-state index < -0.39 is 6.43 Å². The van der Waals surface area contributed by atoms with Crippen LogP contribution in [0.1, 0.15) is 41.1 Å². The number of pyridine rings is 1. The van der Waals surface area contributed by atoms with Crippen LogP contribution in [0.2, 0.25) is 0 Å². The second-order valence-electron chi connectivity index (χ2n) is 6.69. The fourth-order valence-electron chi connectivity index (χ4n) is 3.41. The lowest BCUT2D eigenvalue weighted by atomic mass is 10.0. The van der Waals surface area contributed by atoms with Crippen LogP contribution in [0.3, 0.4) is 0 Å². The van der Waals surface area contributed by atoms with Gasteiger partial charge in [-0.15, -0.1) is 0 Å². The molecule has 1 atom stereocenters. The van der Waals surface area contributed by atoms with Gasteiger partial charge in [-0.1, -0.05) is 12.1 Å². The molecule has 5 nitrogen and oxygen atoms in total. The van der Waals surface area contributed by atoms with E-state index in [0.29, 0.717) is 17.9 Å². The minimum absolute atomic E-state index is 0.0378. The summed E-state index contributed by atoms with van der Waals surface area (Å²) in [5.41, 5.74) is 3.50. The minimum Gasteiger partial charge on any atom is -0.305 e. The number of rotatable bonds is 3. The predicted molar refractivity (Wildman–Crippen MR) is 98.0 cm³/mol. The molecule has 0 saturated heterocycles. The summed E-state index contributed by atoms with van der Waals surface area (Å²) in [6, 6.07) is 9.56. The molecule has 4 rings (SSSR count). The smallest absolute Gasteiger partial charge is 0.277 e. The summed E-state index contributed by atoms with van der Waals surface area (Å²) in [6.07, 6.45) is 0.867. The monoisotopic (exact) mass is 368 g/mol. The SMILES string of the molecule is Cc1cc(-c2cnn3c2C(=O)N(c2ccc(C(F)F)cc2)C[C@@H]3C)ccn1. The van der Waals surface area contributed by atoms with E-state index in [4.69, 9.17) is 0 Å². The second kappa shape index (κ2) is 6.57. The van der Waals surface area contributed by atoms with Gasteiger partial charge in [-0.25, -0.2) is 8.78 Å². The van der Waals surface area contributed by atoms with Gasteiger partial charge in [0.1, 0.15) is 5.69 Å². The topological polar surface area (TPSA) is 51.0 Å². The summed E-state index contributed by atoms with van der Waals surface area (Å²) in [5, 5.41) is 4.41. The lowest BCUT2D eigenvalue weighted by molar-refractivity contribution is 0.0954. The minimum atomic E-state index is -2.53. The van der Waals surface area contributed by atoms with Crippen molar-refractivity contribution in [2.45, 2.75) is 26.3 Å². The summed E-state index contributed by atoms with van der Waals surface area (Å²) in [7, 11) is 0. The van der Waals surface area contributed by atoms with Gasteiger partial charge in [-0.3, -0.25) is 14.5 Å². The number of benzene rings is 1. The van der Waals surface area contributed by atoms with Gasteiger partial charge in [0.05, 0.1) is 12.2 Å². The first kappa shape index (κ1) is 17.3. The number of aryl methyl sites for hydroxylation is 1. The fourth-order valence-corrected chi connectivity index (χ4v) is 3.41. The molecule has 0 N–H and O–H groups in total. The number of aromatic nitrogens is 3. The summed E-state index contributed by atoms with van der Waals surface area (Å²) in [6.45, 7) is 4.29. The molecule has 2 aromatic heterocycles. The second-order valence-corrected chi connectivity index (χ2v) is 6.69. The largest absolute Gasteiger partial charge is 0.305 e. The summed E-state index contributed by atoms with van der Waals surface area (Å²) < 4.78 is 27.4. The van der Waals surface area contributed by atoms with Crippen molar-refractivity contribution >= 4 is 11.6 Å². The standard InChI is InChI=1S/C20H18F2N4O/c1-12-9-15(7-8-23-12)17-10-24-26-13(2)11-25(20(27)18(17)26)16-5-3-14(4-6-16)19(21)22/h3-10,13,19H,11H2,1-2H3/t13-/m0/s1. The lowest BCUT2D eigenvalue weighted by Gasteiger charge is -2.32. The maximum atomic E-state index is 13.2. The van der Waals surface area contributed by atoms with Crippen LogP contribution in [-0.4, -0.2) is 27.2 Å². The van der Waals surface area contributed by atoms with E-state index in [1.807, 2.05) is 26.0 Å². The molecule has 0 radical (unpaired) electrons. The van der Waals surface area contributed by atoms with Crippen LogP contribution in [0.15, 0.2) is 48.8 Å². The molecule has 138 valence electrons. The van der Waals surface area contributed by atoms with Crippen molar-refractivity contribution in [3.05, 3.63) is 65.7 Å². The van der Waals surface area contributed by atoms with Gasteiger partial charge >= 0.3 is 0 Å². The van der Waals surface area contributed by atoms with Crippen LogP contribution in [-0.2, 0) is 0 Å². The Bertz CT molecular complexity index is 997. The first-order valence-corrected chi connectivity index (χ1v) is 8.66. The maximum absolute atomic E-state index is 13.2. The van der Waals surface area contributed by atoms with Crippen molar-refractivity contribution in [2.75, 3.05) is 11.4 Å². The molecule has 0 bridgehead atoms. The Hall–Kier alpha value is -3.09. The van der Waals surface area contributed by atoms with Crippen LogP contribution in [0.4, 0.5) is 14.5 Å². The number of hydrogen-bond acceptors (Lipinski definition) is 3. The normalized spacial score (nSPS) is 16.7. The van der Waals surface area contributed by atoms with Crippen LogP contribution in [0.25, 0.3) is 11.1 Å². The lowest BCUT2D eigenvalue weighted by Crippen LogP contribution is -2.42. The van der Waals surface area contributed by atoms with Gasteiger partial charge < -0.3 is 4.90 Å². The van der Waals surface area contributed by atoms with Gasteiger partial charge in [-0.2, -0.15) is 5.10 Å². The van der Waals surface area contributed by atoms with Crippen molar-refractivity contribution in [1.82, 2.24) is 14.8 Å². The number of hydrogen-bond donors (Lipinski definition) is 0. The molecule has 1 aromatic carbocycles. The molecule has 1 aliphatic rings. The van der Waals surface area contributed by atoms with Gasteiger partial charge in [0, 0.05) is 35.2 Å². The zero-order chi connectivity index (χ0) is 19.1. The van der Waals surface area contributed by atoms with Crippen LogP contribution < -0.4 is 4.90 Å². The Morgan fingerprint density at radius 3 is 2.59 bits per heavy atom. The van der Waals surface area contributed by atoms with Crippen molar-refractivity contribution in [1.29, 1.82) is 0 Å². The van der Waals surface area contributed by atoms with E-state index in [0.717, 1.165) is 16.8 Å². The molecular formula is C20H18F2N4O. The quantitative estimate of drug-likeness (QED) is 0.688. The third-order valence-electron chi connectivity index (χ3n) is 4.77. The number of carbonyl (C=O) groups is 1. The number of alkyl halides is 2. The highest BCUT2D eigenvalue weighted by Crippen LogP contribution is 2.33. The molecule has 0 spiro atoms. The molecule has 0 unspecified atom stereocenters. The molecule has 3 aromatic rings. The molecule has 27 heavy (non-hydrogen) atoms. The van der Waals surface area contributed by atoms with Crippen LogP contribution >= 0.6 is 0 Å². The van der Waals surface area contributed by atoms with Gasteiger partial charge in [0.2, 0.25) is 0 Å². The Morgan fingerprint density at radius 1 is 1.19 bits per heavy atom. The van der Waals surface area contributed by atoms with Crippen molar-refractivity contribution < 1.29 is 13.6 Å². The molecule has 0 fully saturated rings. The number of fused-ring (bicyclic) bond motifs is 1. The van der Waals surface area contributed by atoms with Crippen molar-refractivity contribution in [3.8, 4) is 11.1 Å². The molecule has 3 heterocycles. The Kier molecular flexibility index (Phi) is 4.22. The van der Waals surface area contributed by atoms with Crippen LogP contribution in [0, 0.1) is 6.92 Å². The number of carbonyl (C=O) groups excluding carboxylic acids is 1. The fraction of sp³-hybridized carbons (Fsp3) is 0.250. The van der Waals surface area contributed by atoms with Gasteiger partial charge in [0.25, 0.3) is 12.3 Å².